The molecule has 6 atom stereocenters. The zero-order valence-corrected chi connectivity index (χ0v) is 34.3. The summed E-state index contributed by atoms with van der Waals surface area (Å²) in [5.74, 6) is -11.4. The number of benzene rings is 2. The lowest BCUT2D eigenvalue weighted by atomic mass is 9.74. The third-order valence-electron chi connectivity index (χ3n) is 9.22. The molecule has 63 heavy (non-hydrogen) atoms. The topological polar surface area (TPSA) is 379 Å². The molecule has 4 rings (SSSR count). The van der Waals surface area contributed by atoms with Crippen LogP contribution in [0.3, 0.4) is 0 Å². The molecule has 2 aromatic carbocycles. The number of phenols is 1. The van der Waals surface area contributed by atoms with Gasteiger partial charge in [0.25, 0.3) is 0 Å². The number of aromatic hydroxyl groups is 1. The molecule has 11 N–H and O–H groups in total. The second-order valence-electron chi connectivity index (χ2n) is 13.8. The second-order valence-corrected chi connectivity index (χ2v) is 16.5. The van der Waals surface area contributed by atoms with E-state index < -0.39 is 118 Å². The summed E-state index contributed by atoms with van der Waals surface area (Å²) in [4.78, 5) is 118. The van der Waals surface area contributed by atoms with Crippen LogP contribution in [0.1, 0.15) is 59.5 Å². The van der Waals surface area contributed by atoms with Crippen LogP contribution in [0.5, 0.6) is 11.5 Å². The Balaban J connectivity index is 1.25. The Kier molecular flexibility index (Phi) is 17.1. The highest BCUT2D eigenvalue weighted by molar-refractivity contribution is 7.99. The number of carbonyl (C=O) groups is 9. The molecule has 0 bridgehead atoms. The molecular weight excluding hydrogens is 879 g/mol. The van der Waals surface area contributed by atoms with Crippen LogP contribution < -0.4 is 25.8 Å². The van der Waals surface area contributed by atoms with Crippen molar-refractivity contribution in [1.82, 2.24) is 15.7 Å². The van der Waals surface area contributed by atoms with Crippen molar-refractivity contribution in [2.45, 2.75) is 56.1 Å². The fourth-order valence-corrected chi connectivity index (χ4v) is 8.07. The number of allylic oxidation sites excluding steroid dienone is 3. The Morgan fingerprint density at radius 2 is 1.43 bits per heavy atom. The minimum Gasteiger partial charge on any atom is -0.508 e. The van der Waals surface area contributed by atoms with Crippen LogP contribution in [0, 0.1) is 5.92 Å². The molecule has 23 nitrogen and oxygen atoms in total. The van der Waals surface area contributed by atoms with Crippen LogP contribution >= 0.6 is 19.5 Å². The van der Waals surface area contributed by atoms with Crippen molar-refractivity contribution in [2.75, 3.05) is 23.4 Å². The maximum atomic E-state index is 12.8. The molecule has 2 aromatic rings. The zero-order chi connectivity index (χ0) is 46.6. The average molecular weight is 921 g/mol. The first-order valence-corrected chi connectivity index (χ1v) is 21.3. The van der Waals surface area contributed by atoms with E-state index in [0.29, 0.717) is 11.1 Å². The van der Waals surface area contributed by atoms with Gasteiger partial charge in [0.05, 0.1) is 17.9 Å². The summed E-state index contributed by atoms with van der Waals surface area (Å²) in [6, 6.07) is 3.20. The molecule has 0 saturated carbocycles. The van der Waals surface area contributed by atoms with Crippen molar-refractivity contribution in [3.8, 4) is 11.5 Å². The number of carbonyl (C=O) groups excluding carboxylic acids is 4. The van der Waals surface area contributed by atoms with Crippen molar-refractivity contribution in [1.29, 1.82) is 0 Å². The van der Waals surface area contributed by atoms with Crippen LogP contribution in [0.25, 0.3) is 0 Å². The highest BCUT2D eigenvalue weighted by Gasteiger charge is 2.39. The molecule has 3 unspecified atom stereocenters. The van der Waals surface area contributed by atoms with Crippen LogP contribution in [0.2, 0.25) is 0 Å². The lowest BCUT2D eigenvalue weighted by Crippen LogP contribution is -2.46. The van der Waals surface area contributed by atoms with E-state index in [1.54, 1.807) is 17.2 Å². The Hall–Kier alpha value is -6.59. The number of thioether (sulfide) groups is 1. The van der Waals surface area contributed by atoms with E-state index >= 15 is 0 Å². The number of nitrogens with one attached hydrogen (secondary N) is 4. The van der Waals surface area contributed by atoms with Crippen molar-refractivity contribution in [2.24, 2.45) is 5.92 Å². The number of phenolic OH excluding ortho intramolecular Hbond substituents is 1. The predicted octanol–water partition coefficient (Wildman–Crippen LogP) is 1.26. The standard InChI is InChI=1S/C38H41N4O19PS/c43-19-2-5-22-28(14-19)61-29-15-20(44)3-6-23(29)34(22)21-4-1-18(13-24(21)35(50)51)39-32(47)17-63-12-11-31(46)40-25(36(52)53)7-9-30(45)41-27(38(56)57)16-60-62(58,59)42-26(37(54)55)8-10-33(48)49/h1-6,13-15,22,25-27,34,44H,7-12,16-17H2,(H,39,47)(H,40,46)(H,41,45)(H,48,49)(H,50,51)(H,52,53)(H,54,55)(H,56,57)(H2,42,58,59)/t22?,25-,26-,27-,34?/m0/s1. The number of rotatable bonds is 24. The molecule has 0 fully saturated rings. The summed E-state index contributed by atoms with van der Waals surface area (Å²) in [5, 5.41) is 65.5. The molecular formula is C38H41N4O19PS. The number of hydrogen-bond donors (Lipinski definition) is 11. The molecule has 0 aromatic heterocycles. The second kappa shape index (κ2) is 22.0. The van der Waals surface area contributed by atoms with Gasteiger partial charge in [-0.3, -0.25) is 33.3 Å². The number of ketones is 1. The number of hydrogen-bond acceptors (Lipinski definition) is 14. The van der Waals surface area contributed by atoms with Crippen LogP contribution in [-0.4, -0.2) is 125 Å². The summed E-state index contributed by atoms with van der Waals surface area (Å²) in [6.07, 6.45) is 1.46. The van der Waals surface area contributed by atoms with Gasteiger partial charge in [0.1, 0.15) is 29.3 Å². The smallest absolute Gasteiger partial charge is 0.403 e. The van der Waals surface area contributed by atoms with E-state index in [1.807, 2.05) is 5.32 Å². The highest BCUT2D eigenvalue weighted by atomic mass is 32.2. The van der Waals surface area contributed by atoms with Crippen LogP contribution in [0.4, 0.5) is 5.69 Å². The number of aliphatic carboxylic acids is 4. The zero-order valence-electron chi connectivity index (χ0n) is 32.6. The Morgan fingerprint density at radius 1 is 0.794 bits per heavy atom. The Bertz CT molecular complexity index is 2280. The number of ether oxygens (including phenoxy) is 1. The predicted molar refractivity (Wildman–Crippen MR) is 216 cm³/mol. The first-order chi connectivity index (χ1) is 29.6. The number of fused-ring (bicyclic) bond motifs is 2. The van der Waals surface area contributed by atoms with Crippen molar-refractivity contribution < 1.29 is 92.5 Å². The number of carboxylic acid groups (broad SMARTS) is 5. The third-order valence-corrected chi connectivity index (χ3v) is 11.3. The molecule has 25 heteroatoms. The van der Waals surface area contributed by atoms with E-state index in [9.17, 15) is 73.0 Å². The molecule has 1 aliphatic heterocycles. The normalized spacial score (nSPS) is 17.5. The van der Waals surface area contributed by atoms with Gasteiger partial charge in [0.15, 0.2) is 11.8 Å². The van der Waals surface area contributed by atoms with Gasteiger partial charge < -0.3 is 56.2 Å². The maximum absolute atomic E-state index is 12.8. The number of aromatic carboxylic acids is 1. The first kappa shape index (κ1) is 49.1. The Labute approximate surface area is 360 Å². The largest absolute Gasteiger partial charge is 0.508 e. The summed E-state index contributed by atoms with van der Waals surface area (Å²) in [6.45, 7) is -1.17. The fraction of sp³-hybridized carbons (Fsp3) is 0.342. The van der Waals surface area contributed by atoms with Gasteiger partial charge in [0.2, 0.25) is 17.7 Å². The van der Waals surface area contributed by atoms with Gasteiger partial charge in [0, 0.05) is 60.2 Å². The van der Waals surface area contributed by atoms with Gasteiger partial charge in [-0.05, 0) is 42.7 Å². The lowest BCUT2D eigenvalue weighted by Gasteiger charge is -2.35. The maximum Gasteiger partial charge on any atom is 0.403 e. The minimum atomic E-state index is -5.05. The van der Waals surface area contributed by atoms with E-state index in [4.69, 9.17) is 14.9 Å². The van der Waals surface area contributed by atoms with E-state index in [1.165, 1.54) is 42.5 Å². The number of amides is 3. The summed E-state index contributed by atoms with van der Waals surface area (Å²) in [7, 11) is -5.05. The van der Waals surface area contributed by atoms with Crippen molar-refractivity contribution >= 4 is 78.5 Å². The quantitative estimate of drug-likeness (QED) is 0.0521. The SMILES string of the molecule is O=C1C=CC2C(=C1)Oc1cc(O)ccc1C2c1ccc(NC(=O)CSCCC(=O)N[C@@H](CCC(=O)N[C@@H](COP(=O)(O)N[C@@H](CCC(=O)O)C(=O)O)C(=O)O)C(=O)O)cc1C(=O)O. The number of anilines is 1. The average Bonchev–Trinajstić information content (AvgIpc) is 3.19. The lowest BCUT2D eigenvalue weighted by molar-refractivity contribution is -0.144. The molecule has 1 aliphatic carbocycles. The van der Waals surface area contributed by atoms with Crippen molar-refractivity contribution in [3.05, 3.63) is 77.1 Å². The molecule has 0 radical (unpaired) electrons. The van der Waals surface area contributed by atoms with E-state index in [2.05, 4.69) is 15.2 Å². The van der Waals surface area contributed by atoms with Gasteiger partial charge in [-0.2, -0.15) is 11.8 Å². The Morgan fingerprint density at radius 3 is 2.08 bits per heavy atom. The van der Waals surface area contributed by atoms with Crippen LogP contribution in [-0.2, 0) is 47.4 Å². The van der Waals surface area contributed by atoms with Gasteiger partial charge in [-0.25, -0.2) is 24.0 Å². The fourth-order valence-electron chi connectivity index (χ4n) is 6.28. The summed E-state index contributed by atoms with van der Waals surface area (Å²) >= 11 is 0.990. The molecule has 0 spiro atoms. The highest BCUT2D eigenvalue weighted by Crippen LogP contribution is 2.49. The van der Waals surface area contributed by atoms with Crippen molar-refractivity contribution in [3.63, 3.8) is 0 Å². The molecule has 0 saturated heterocycles. The molecule has 2 aliphatic rings. The van der Waals surface area contributed by atoms with E-state index in [0.717, 1.165) is 11.8 Å². The van der Waals surface area contributed by atoms with Crippen LogP contribution in [0.15, 0.2) is 60.4 Å². The summed E-state index contributed by atoms with van der Waals surface area (Å²) in [5.41, 5.74) is 0.891. The minimum absolute atomic E-state index is 0.0218. The monoisotopic (exact) mass is 920 g/mol. The molecule has 1 heterocycles. The van der Waals surface area contributed by atoms with Gasteiger partial charge >= 0.3 is 37.6 Å². The number of carboxylic acids is 5. The van der Waals surface area contributed by atoms with E-state index in [-0.39, 0.29) is 52.2 Å². The van der Waals surface area contributed by atoms with Gasteiger partial charge in [-0.15, -0.1) is 0 Å². The molecule has 3 amide bonds. The molecule has 338 valence electrons. The van der Waals surface area contributed by atoms with Gasteiger partial charge in [-0.1, -0.05) is 18.2 Å². The third kappa shape index (κ3) is 14.5. The summed E-state index contributed by atoms with van der Waals surface area (Å²) < 4.78 is 22.8. The first-order valence-electron chi connectivity index (χ1n) is 18.6.